The van der Waals surface area contributed by atoms with E-state index in [0.29, 0.717) is 30.2 Å². The molecule has 0 radical (unpaired) electrons. The molecule has 0 aromatic heterocycles. The fourth-order valence-electron chi connectivity index (χ4n) is 11.8. The SMILES string of the molecule is O=C(O)/C=C/C(=O)NCC(=O)OCCCCCCCCCCCCNC(=O)[C@@H]1CN(C(=O)c2ccc(C(=O)N3C[C@@H](C(=O)N[C@H]4C[C@@H]4c4ccccc4)[C@H](C(=O)N[C@H]4C[C@@H]4c4ccccc4)C3)cc2)C[C@H]1C(=O)N[C@H]1C[C@@H]1c1ccccc1. The van der Waals surface area contributed by atoms with Crippen molar-refractivity contribution in [2.45, 2.75) is 119 Å². The van der Waals surface area contributed by atoms with Gasteiger partial charge in [0.2, 0.25) is 29.5 Å². The highest BCUT2D eigenvalue weighted by Crippen LogP contribution is 2.44. The van der Waals surface area contributed by atoms with Crippen LogP contribution in [-0.2, 0) is 38.3 Å². The Hall–Kier alpha value is -8.15. The van der Waals surface area contributed by atoms with E-state index in [9.17, 15) is 43.2 Å². The van der Waals surface area contributed by atoms with Gasteiger partial charge in [0, 0.05) is 91.9 Å². The molecule has 3 aliphatic carbocycles. The van der Waals surface area contributed by atoms with Crippen molar-refractivity contribution in [3.63, 3.8) is 0 Å². The molecule has 2 heterocycles. The number of amides is 7. The van der Waals surface area contributed by atoms with E-state index in [2.05, 4.69) is 50.8 Å². The average molecular weight is 1130 g/mol. The summed E-state index contributed by atoms with van der Waals surface area (Å²) in [6.07, 6.45) is 13.5. The first-order valence-corrected chi connectivity index (χ1v) is 29.7. The molecular weight excluding hydrogens is 1050 g/mol. The molecule has 6 N–H and O–H groups in total. The van der Waals surface area contributed by atoms with Gasteiger partial charge in [-0.05, 0) is 73.1 Å². The predicted molar refractivity (Wildman–Crippen MR) is 309 cm³/mol. The number of benzene rings is 4. The average Bonchev–Trinajstić information content (AvgIpc) is 4.65. The molecule has 18 heteroatoms. The predicted octanol–water partition coefficient (Wildman–Crippen LogP) is 6.40. The van der Waals surface area contributed by atoms with Crippen molar-refractivity contribution in [3.8, 4) is 0 Å². The van der Waals surface area contributed by atoms with Crippen molar-refractivity contribution in [2.75, 3.05) is 45.9 Å². The minimum atomic E-state index is -1.26. The molecule has 10 atom stereocenters. The van der Waals surface area contributed by atoms with Crippen LogP contribution in [0.2, 0.25) is 0 Å². The van der Waals surface area contributed by atoms with Gasteiger partial charge < -0.3 is 46.2 Å². The number of nitrogens with zero attached hydrogens (tertiary/aromatic N) is 2. The molecule has 0 spiro atoms. The number of unbranched alkanes of at least 4 members (excludes halogenated alkanes) is 9. The lowest BCUT2D eigenvalue weighted by molar-refractivity contribution is -0.143. The lowest BCUT2D eigenvalue weighted by Crippen LogP contribution is -2.43. The summed E-state index contributed by atoms with van der Waals surface area (Å²) in [6, 6.07) is 36.2. The van der Waals surface area contributed by atoms with E-state index < -0.39 is 41.5 Å². The minimum Gasteiger partial charge on any atom is -0.478 e. The number of carbonyl (C=O) groups excluding carboxylic acids is 8. The Morgan fingerprint density at radius 3 is 1.19 bits per heavy atom. The van der Waals surface area contributed by atoms with Crippen LogP contribution in [0.5, 0.6) is 0 Å². The van der Waals surface area contributed by atoms with E-state index in [1.54, 1.807) is 34.1 Å². The van der Waals surface area contributed by atoms with Crippen LogP contribution in [0.1, 0.15) is 139 Å². The summed E-state index contributed by atoms with van der Waals surface area (Å²) in [4.78, 5) is 121. The van der Waals surface area contributed by atoms with Crippen LogP contribution in [0.3, 0.4) is 0 Å². The fourth-order valence-corrected chi connectivity index (χ4v) is 11.8. The lowest BCUT2D eigenvalue weighted by Gasteiger charge is -2.18. The first-order valence-electron chi connectivity index (χ1n) is 29.7. The van der Waals surface area contributed by atoms with Crippen molar-refractivity contribution in [2.24, 2.45) is 23.7 Å². The van der Waals surface area contributed by atoms with Crippen molar-refractivity contribution in [3.05, 3.63) is 155 Å². The van der Waals surface area contributed by atoms with E-state index >= 15 is 0 Å². The third-order valence-corrected chi connectivity index (χ3v) is 16.9. The molecule has 2 saturated heterocycles. The topological polar surface area (TPSA) is 250 Å². The number of carbonyl (C=O) groups is 9. The zero-order valence-electron chi connectivity index (χ0n) is 47.0. The highest BCUT2D eigenvalue weighted by atomic mass is 16.5. The Morgan fingerprint density at radius 2 is 0.807 bits per heavy atom. The molecule has 18 nitrogen and oxygen atoms in total. The molecule has 438 valence electrons. The molecule has 7 amide bonds. The van der Waals surface area contributed by atoms with Crippen molar-refractivity contribution in [1.82, 2.24) is 36.4 Å². The lowest BCUT2D eigenvalue weighted by atomic mass is 9.94. The Kier molecular flexibility index (Phi) is 20.6. The highest BCUT2D eigenvalue weighted by Gasteiger charge is 2.50. The van der Waals surface area contributed by atoms with Crippen LogP contribution in [0.25, 0.3) is 0 Å². The molecule has 4 aromatic carbocycles. The first-order chi connectivity index (χ1) is 40.3. The van der Waals surface area contributed by atoms with Gasteiger partial charge in [0.1, 0.15) is 6.54 Å². The number of likely N-dealkylation sites (tertiary alicyclic amines) is 2. The van der Waals surface area contributed by atoms with E-state index in [-0.39, 0.29) is 111 Å². The third-order valence-electron chi connectivity index (χ3n) is 16.9. The summed E-state index contributed by atoms with van der Waals surface area (Å²) in [5, 5.41) is 23.5. The van der Waals surface area contributed by atoms with Crippen LogP contribution in [-0.4, -0.2) is 132 Å². The van der Waals surface area contributed by atoms with Crippen LogP contribution in [0.4, 0.5) is 0 Å². The molecular formula is C65H77N7O11. The maximum atomic E-state index is 14.3. The molecule has 83 heavy (non-hydrogen) atoms. The summed E-state index contributed by atoms with van der Waals surface area (Å²) in [5.74, 6) is -6.72. The highest BCUT2D eigenvalue weighted by molar-refractivity contribution is 6.00. The van der Waals surface area contributed by atoms with Gasteiger partial charge in [0.25, 0.3) is 11.8 Å². The van der Waals surface area contributed by atoms with Crippen LogP contribution in [0, 0.1) is 23.7 Å². The molecule has 0 bridgehead atoms. The van der Waals surface area contributed by atoms with E-state index in [1.807, 2.05) is 66.7 Å². The first kappa shape index (κ1) is 59.5. The van der Waals surface area contributed by atoms with Gasteiger partial charge in [0.15, 0.2) is 0 Å². The largest absolute Gasteiger partial charge is 0.478 e. The van der Waals surface area contributed by atoms with Crippen LogP contribution < -0.4 is 26.6 Å². The molecule has 2 aliphatic heterocycles. The Bertz CT molecular complexity index is 2880. The quantitative estimate of drug-likeness (QED) is 0.0197. The molecule has 4 aromatic rings. The Balaban J connectivity index is 0.736. The standard InChI is InChI=1S/C65H77N7O11/c73-57(30-31-58(74)75)67-37-59(76)83-33-19-8-6-4-2-1-3-5-7-18-32-66-60(77)50-38-71(39-51(50)61(78)68-54-34-47(54)42-20-12-9-13-21-42)64(81)45-26-28-46(29-27-45)65(82)72-40-52(62(79)69-55-35-48(55)43-22-14-10-15-23-43)53(41-72)63(80)70-56-36-49(56)44-24-16-11-17-25-44/h9-17,20-31,47-56H,1-8,18-19,32-41H2,(H,66,77)(H,67,73)(H,68,78)(H,69,79)(H,70,80)(H,74,75)/b31-30+/t47-,48-,49-,50-,51-,52-,53-,54+,55+,56+/m1/s1. The third kappa shape index (κ3) is 16.8. The van der Waals surface area contributed by atoms with E-state index in [1.165, 1.54) is 0 Å². The number of hydrogen-bond acceptors (Lipinski definition) is 10. The van der Waals surface area contributed by atoms with Gasteiger partial charge >= 0.3 is 11.9 Å². The van der Waals surface area contributed by atoms with Gasteiger partial charge in [-0.25, -0.2) is 4.79 Å². The number of carboxylic acid groups (broad SMARTS) is 1. The Labute approximate surface area is 484 Å². The normalized spacial score (nSPS) is 23.9. The second kappa shape index (κ2) is 28.7. The molecule has 9 rings (SSSR count). The zero-order chi connectivity index (χ0) is 58.2. The van der Waals surface area contributed by atoms with Crippen molar-refractivity contribution >= 4 is 53.3 Å². The van der Waals surface area contributed by atoms with Crippen molar-refractivity contribution < 1.29 is 53.0 Å². The maximum absolute atomic E-state index is 14.3. The number of rotatable bonds is 29. The van der Waals surface area contributed by atoms with Gasteiger partial charge in [0.05, 0.1) is 30.3 Å². The number of ether oxygens (including phenoxy) is 1. The molecule has 0 unspecified atom stereocenters. The number of esters is 1. The van der Waals surface area contributed by atoms with Crippen LogP contribution >= 0.6 is 0 Å². The van der Waals surface area contributed by atoms with E-state index in [4.69, 9.17) is 9.84 Å². The summed E-state index contributed by atoms with van der Waals surface area (Å²) in [6.45, 7) is 0.602. The van der Waals surface area contributed by atoms with Gasteiger partial charge in [-0.2, -0.15) is 0 Å². The van der Waals surface area contributed by atoms with Crippen LogP contribution in [0.15, 0.2) is 127 Å². The molecule has 5 aliphatic rings. The zero-order valence-corrected chi connectivity index (χ0v) is 47.0. The number of nitrogens with one attached hydrogen (secondary N) is 5. The minimum absolute atomic E-state index is 0.0512. The summed E-state index contributed by atoms with van der Waals surface area (Å²) in [7, 11) is 0. The van der Waals surface area contributed by atoms with Crippen molar-refractivity contribution in [1.29, 1.82) is 0 Å². The number of aliphatic carboxylic acids is 1. The summed E-state index contributed by atoms with van der Waals surface area (Å²) >= 11 is 0. The number of carboxylic acids is 1. The number of hydrogen-bond donors (Lipinski definition) is 6. The fraction of sp³-hybridized carbons (Fsp3) is 0.462. The van der Waals surface area contributed by atoms with E-state index in [0.717, 1.165) is 99.8 Å². The Morgan fingerprint density at radius 1 is 0.446 bits per heavy atom. The second-order valence-corrected chi connectivity index (χ2v) is 23.0. The smallest absolute Gasteiger partial charge is 0.328 e. The summed E-state index contributed by atoms with van der Waals surface area (Å²) < 4.78 is 5.12. The monoisotopic (exact) mass is 1130 g/mol. The van der Waals surface area contributed by atoms with Gasteiger partial charge in [-0.1, -0.05) is 142 Å². The van der Waals surface area contributed by atoms with Gasteiger partial charge in [-0.3, -0.25) is 38.4 Å². The molecule has 3 saturated carbocycles. The molecule has 5 fully saturated rings. The maximum Gasteiger partial charge on any atom is 0.328 e. The summed E-state index contributed by atoms with van der Waals surface area (Å²) in [5.41, 5.74) is 4.04. The van der Waals surface area contributed by atoms with Gasteiger partial charge in [-0.15, -0.1) is 0 Å². The second-order valence-electron chi connectivity index (χ2n) is 23.0.